The zero-order valence-electron chi connectivity index (χ0n) is 49.5. The second kappa shape index (κ2) is 63.3. The second-order valence-corrected chi connectivity index (χ2v) is 20.6. The number of carbonyl (C=O) groups excluding carboxylic acids is 3. The summed E-state index contributed by atoms with van der Waals surface area (Å²) in [6.45, 7) is 6.42. The van der Waals surface area contributed by atoms with E-state index in [1.807, 2.05) is 0 Å². The second-order valence-electron chi connectivity index (χ2n) is 20.6. The van der Waals surface area contributed by atoms with Crippen LogP contribution in [0, 0.1) is 0 Å². The summed E-state index contributed by atoms with van der Waals surface area (Å²) in [6.07, 6.45) is 88.3. The van der Waals surface area contributed by atoms with Crippen LogP contribution in [0.1, 0.15) is 284 Å². The average molecular weight is 1050 g/mol. The number of hydrogen-bond acceptors (Lipinski definition) is 6. The number of hydrogen-bond donors (Lipinski definition) is 0. The molecule has 432 valence electrons. The Morgan fingerprint density at radius 1 is 0.276 bits per heavy atom. The van der Waals surface area contributed by atoms with E-state index in [2.05, 4.69) is 142 Å². The van der Waals surface area contributed by atoms with Gasteiger partial charge in [0.25, 0.3) is 0 Å². The third kappa shape index (κ3) is 60.7. The first-order chi connectivity index (χ1) is 37.5. The summed E-state index contributed by atoms with van der Waals surface area (Å²) in [5, 5.41) is 0. The molecule has 1 atom stereocenters. The third-order valence-electron chi connectivity index (χ3n) is 13.2. The molecule has 0 aromatic heterocycles. The van der Waals surface area contributed by atoms with Gasteiger partial charge in [-0.25, -0.2) is 0 Å². The quantitative estimate of drug-likeness (QED) is 0.0261. The molecule has 0 aliphatic heterocycles. The van der Waals surface area contributed by atoms with Gasteiger partial charge in [-0.1, -0.05) is 290 Å². The zero-order valence-corrected chi connectivity index (χ0v) is 49.5. The number of carbonyl (C=O) groups is 3. The van der Waals surface area contributed by atoms with Crippen molar-refractivity contribution < 1.29 is 28.6 Å². The molecule has 0 amide bonds. The highest BCUT2D eigenvalue weighted by Gasteiger charge is 2.19. The van der Waals surface area contributed by atoms with Crippen molar-refractivity contribution >= 4 is 17.9 Å². The molecule has 0 aromatic rings. The Morgan fingerprint density at radius 2 is 0.513 bits per heavy atom. The van der Waals surface area contributed by atoms with Crippen molar-refractivity contribution in [1.29, 1.82) is 0 Å². The molecule has 0 spiro atoms. The largest absolute Gasteiger partial charge is 0.462 e. The van der Waals surface area contributed by atoms with E-state index in [1.165, 1.54) is 109 Å². The maximum Gasteiger partial charge on any atom is 0.306 e. The first kappa shape index (κ1) is 71.8. The lowest BCUT2D eigenvalue weighted by Crippen LogP contribution is -2.30. The predicted octanol–water partition coefficient (Wildman–Crippen LogP) is 21.6. The first-order valence-corrected chi connectivity index (χ1v) is 31.5. The molecule has 0 saturated heterocycles. The van der Waals surface area contributed by atoms with Crippen molar-refractivity contribution in [3.8, 4) is 0 Å². The van der Waals surface area contributed by atoms with Gasteiger partial charge >= 0.3 is 17.9 Å². The molecule has 0 aliphatic rings. The minimum Gasteiger partial charge on any atom is -0.462 e. The van der Waals surface area contributed by atoms with E-state index in [-0.39, 0.29) is 31.1 Å². The van der Waals surface area contributed by atoms with Crippen LogP contribution in [0.2, 0.25) is 0 Å². The number of ether oxygens (including phenoxy) is 3. The van der Waals surface area contributed by atoms with Gasteiger partial charge in [0, 0.05) is 19.3 Å². The van der Waals surface area contributed by atoms with Gasteiger partial charge < -0.3 is 14.2 Å². The molecular weight excluding hydrogens is 937 g/mol. The van der Waals surface area contributed by atoms with E-state index >= 15 is 0 Å². The van der Waals surface area contributed by atoms with E-state index in [9.17, 15) is 14.4 Å². The highest BCUT2D eigenvalue weighted by Crippen LogP contribution is 2.16. The summed E-state index contributed by atoms with van der Waals surface area (Å²) in [7, 11) is 0. The molecule has 0 N–H and O–H groups in total. The van der Waals surface area contributed by atoms with Crippen LogP contribution in [0.15, 0.2) is 122 Å². The van der Waals surface area contributed by atoms with Gasteiger partial charge in [0.2, 0.25) is 0 Å². The Balaban J connectivity index is 4.16. The Hall–Kier alpha value is -4.19. The molecule has 76 heavy (non-hydrogen) atoms. The van der Waals surface area contributed by atoms with Crippen molar-refractivity contribution in [2.75, 3.05) is 13.2 Å². The van der Waals surface area contributed by atoms with Crippen LogP contribution in [-0.4, -0.2) is 37.2 Å². The highest BCUT2D eigenvalue weighted by atomic mass is 16.6. The third-order valence-corrected chi connectivity index (χ3v) is 13.2. The Bertz CT molecular complexity index is 1590. The molecule has 1 unspecified atom stereocenters. The van der Waals surface area contributed by atoms with Crippen LogP contribution < -0.4 is 0 Å². The van der Waals surface area contributed by atoms with Gasteiger partial charge in [-0.2, -0.15) is 0 Å². The summed E-state index contributed by atoms with van der Waals surface area (Å²) in [4.78, 5) is 37.9. The summed E-state index contributed by atoms with van der Waals surface area (Å²) in [5.74, 6) is -0.947. The van der Waals surface area contributed by atoms with E-state index in [1.54, 1.807) is 0 Å². The van der Waals surface area contributed by atoms with Gasteiger partial charge in [-0.15, -0.1) is 0 Å². The molecule has 0 rings (SSSR count). The number of allylic oxidation sites excluding steroid dienone is 20. The fourth-order valence-electron chi connectivity index (χ4n) is 8.53. The SMILES string of the molecule is CC/C=C\C/C=C\C/C=C\C/C=C\C/C=C\C/C=C\C/C=C\C/C=C\C/C=C\C/C=C\CCCCC(=O)OCC(COC(=O)CCCCCCC)OC(=O)CCCCCCCCCCCCCCCCCCCCCC. The van der Waals surface area contributed by atoms with Gasteiger partial charge in [0.1, 0.15) is 13.2 Å². The van der Waals surface area contributed by atoms with Gasteiger partial charge in [0.15, 0.2) is 6.10 Å². The molecule has 6 heteroatoms. The molecule has 0 saturated carbocycles. The predicted molar refractivity (Wildman–Crippen MR) is 330 cm³/mol. The highest BCUT2D eigenvalue weighted by molar-refractivity contribution is 5.71. The lowest BCUT2D eigenvalue weighted by Gasteiger charge is -2.18. The topological polar surface area (TPSA) is 78.9 Å². The molecular formula is C70H116O6. The standard InChI is InChI=1S/C70H116O6/c1-4-7-10-13-15-17-19-21-23-25-27-29-30-31-32-33-34-35-36-37-38-39-40-41-43-44-46-48-50-52-54-57-60-63-69(72)75-66-67(65-74-68(71)62-59-56-12-9-6-3)76-70(73)64-61-58-55-53-51-49-47-45-42-28-26-24-22-20-18-16-14-11-8-5-2/h7,10,15,17,21,23,27,29,31-32,34-35,37-38,40-41,44,46,50,52,67H,4-6,8-9,11-14,16,18-20,22,24-26,28,30,33,36,39,42-43,45,47-49,51,53-66H2,1-3H3/b10-7-,17-15-,23-21-,29-27-,32-31-,35-34-,38-37-,41-40-,46-44-,52-50-. The number of rotatable bonds is 56. The molecule has 6 nitrogen and oxygen atoms in total. The normalized spacial score (nSPS) is 12.9. The van der Waals surface area contributed by atoms with Crippen LogP contribution in [0.3, 0.4) is 0 Å². The Labute approximate surface area is 469 Å². The van der Waals surface area contributed by atoms with Crippen LogP contribution in [0.4, 0.5) is 0 Å². The monoisotopic (exact) mass is 1050 g/mol. The minimum absolute atomic E-state index is 0.0920. The first-order valence-electron chi connectivity index (χ1n) is 31.5. The molecule has 0 fully saturated rings. The van der Waals surface area contributed by atoms with Crippen molar-refractivity contribution in [3.63, 3.8) is 0 Å². The zero-order chi connectivity index (χ0) is 55.0. The smallest absolute Gasteiger partial charge is 0.306 e. The Morgan fingerprint density at radius 3 is 0.803 bits per heavy atom. The molecule has 0 aliphatic carbocycles. The van der Waals surface area contributed by atoms with E-state index in [4.69, 9.17) is 14.2 Å². The fraction of sp³-hybridized carbons (Fsp3) is 0.671. The molecule has 0 bridgehead atoms. The van der Waals surface area contributed by atoms with Gasteiger partial charge in [0.05, 0.1) is 0 Å². The lowest BCUT2D eigenvalue weighted by atomic mass is 10.0. The van der Waals surface area contributed by atoms with Crippen LogP contribution >= 0.6 is 0 Å². The van der Waals surface area contributed by atoms with Gasteiger partial charge in [-0.3, -0.25) is 14.4 Å². The summed E-state index contributed by atoms with van der Waals surface area (Å²) in [6, 6.07) is 0. The summed E-state index contributed by atoms with van der Waals surface area (Å²) in [5.41, 5.74) is 0. The van der Waals surface area contributed by atoms with E-state index in [0.717, 1.165) is 135 Å². The summed E-state index contributed by atoms with van der Waals surface area (Å²) < 4.78 is 16.7. The maximum absolute atomic E-state index is 12.8. The Kier molecular flexibility index (Phi) is 59.9. The molecule has 0 radical (unpaired) electrons. The maximum atomic E-state index is 12.8. The lowest BCUT2D eigenvalue weighted by molar-refractivity contribution is -0.167. The van der Waals surface area contributed by atoms with E-state index in [0.29, 0.717) is 19.3 Å². The van der Waals surface area contributed by atoms with Crippen molar-refractivity contribution in [2.24, 2.45) is 0 Å². The van der Waals surface area contributed by atoms with Gasteiger partial charge in [-0.05, 0) is 96.3 Å². The average Bonchev–Trinajstić information content (AvgIpc) is 3.42. The number of esters is 3. The molecule has 0 aromatic carbocycles. The number of unbranched alkanes of at least 4 members (excludes halogenated alkanes) is 25. The van der Waals surface area contributed by atoms with Crippen molar-refractivity contribution in [1.82, 2.24) is 0 Å². The van der Waals surface area contributed by atoms with Crippen LogP contribution in [0.25, 0.3) is 0 Å². The van der Waals surface area contributed by atoms with Crippen LogP contribution in [-0.2, 0) is 28.6 Å². The van der Waals surface area contributed by atoms with Crippen LogP contribution in [0.5, 0.6) is 0 Å². The molecule has 0 heterocycles. The van der Waals surface area contributed by atoms with Crippen molar-refractivity contribution in [2.45, 2.75) is 290 Å². The minimum atomic E-state index is -0.793. The van der Waals surface area contributed by atoms with Crippen molar-refractivity contribution in [3.05, 3.63) is 122 Å². The fourth-order valence-corrected chi connectivity index (χ4v) is 8.53. The van der Waals surface area contributed by atoms with E-state index < -0.39 is 6.10 Å². The summed E-state index contributed by atoms with van der Waals surface area (Å²) >= 11 is 0.